The number of hydrogen-bond acceptors (Lipinski definition) is 5. The van der Waals surface area contributed by atoms with Gasteiger partial charge in [0.15, 0.2) is 0 Å². The van der Waals surface area contributed by atoms with Crippen molar-refractivity contribution in [2.24, 2.45) is 11.8 Å². The highest BCUT2D eigenvalue weighted by atomic mass is 19.1. The van der Waals surface area contributed by atoms with E-state index < -0.39 is 23.7 Å². The Balaban J connectivity index is 1.37. The Kier molecular flexibility index (Phi) is 8.39. The maximum absolute atomic E-state index is 15.2. The molecule has 3 aromatic carbocycles. The molecule has 2 saturated heterocycles. The van der Waals surface area contributed by atoms with Crippen LogP contribution in [0.2, 0.25) is 0 Å². The molecule has 0 aromatic heterocycles. The number of carbonyl (C=O) groups excluding carboxylic acids is 2. The number of benzene rings is 3. The van der Waals surface area contributed by atoms with Crippen LogP contribution in [0.1, 0.15) is 59.6 Å². The molecule has 1 saturated carbocycles. The predicted octanol–water partition coefficient (Wildman–Crippen LogP) is 6.41. The third-order valence-electron chi connectivity index (χ3n) is 9.40. The van der Waals surface area contributed by atoms with E-state index in [1.165, 1.54) is 18.9 Å². The Bertz CT molecular complexity index is 1430. The number of aryl methyl sites for hydroxylation is 1. The minimum absolute atomic E-state index is 0.0255. The first-order valence-electron chi connectivity index (χ1n) is 15.4. The number of nitrogens with one attached hydrogen (secondary N) is 2. The smallest absolute Gasteiger partial charge is 0.257 e. The van der Waals surface area contributed by atoms with E-state index in [1.807, 2.05) is 67.5 Å². The number of rotatable bonds is 7. The summed E-state index contributed by atoms with van der Waals surface area (Å²) in [4.78, 5) is 32.2. The van der Waals surface area contributed by atoms with Crippen LogP contribution in [0.25, 0.3) is 0 Å². The monoisotopic (exact) mass is 584 g/mol. The van der Waals surface area contributed by atoms with Crippen molar-refractivity contribution in [1.82, 2.24) is 4.90 Å². The summed E-state index contributed by atoms with van der Waals surface area (Å²) in [6.07, 6.45) is 5.37. The van der Waals surface area contributed by atoms with Crippen LogP contribution in [-0.2, 0) is 9.53 Å². The van der Waals surface area contributed by atoms with Crippen LogP contribution < -0.4 is 15.5 Å². The fourth-order valence-electron chi connectivity index (χ4n) is 7.09. The first-order valence-corrected chi connectivity index (χ1v) is 15.4. The second kappa shape index (κ2) is 12.4. The van der Waals surface area contributed by atoms with Gasteiger partial charge in [-0.25, -0.2) is 4.39 Å². The second-order valence-corrected chi connectivity index (χ2v) is 12.5. The molecular formula is C35H41FN4O3. The SMILES string of the molecule is Cc1cccc(F)c1C(=O)N1C2COCC2CC(C(=O)Nc2ccc(N(C)C)cc2)[C@H]1c1ccc(NC2CCCC2)cc1. The van der Waals surface area contributed by atoms with Gasteiger partial charge in [-0.3, -0.25) is 9.59 Å². The molecule has 3 aliphatic rings. The van der Waals surface area contributed by atoms with Gasteiger partial charge in [-0.15, -0.1) is 0 Å². The van der Waals surface area contributed by atoms with E-state index >= 15 is 4.39 Å². The third-order valence-corrected chi connectivity index (χ3v) is 9.40. The number of anilines is 3. The summed E-state index contributed by atoms with van der Waals surface area (Å²) in [5.74, 6) is -1.70. The highest BCUT2D eigenvalue weighted by Gasteiger charge is 2.51. The fraction of sp³-hybridized carbons (Fsp3) is 0.429. The first-order chi connectivity index (χ1) is 20.8. The molecule has 6 rings (SSSR count). The molecule has 4 atom stereocenters. The molecule has 43 heavy (non-hydrogen) atoms. The predicted molar refractivity (Wildman–Crippen MR) is 168 cm³/mol. The zero-order valence-corrected chi connectivity index (χ0v) is 25.2. The maximum atomic E-state index is 15.2. The Morgan fingerprint density at radius 2 is 1.63 bits per heavy atom. The quantitative estimate of drug-likeness (QED) is 0.336. The molecule has 2 N–H and O–H groups in total. The Morgan fingerprint density at radius 1 is 0.930 bits per heavy atom. The van der Waals surface area contributed by atoms with Gasteiger partial charge < -0.3 is 25.2 Å². The zero-order valence-electron chi connectivity index (χ0n) is 25.2. The number of nitrogens with zero attached hydrogens (tertiary/aromatic N) is 2. The van der Waals surface area contributed by atoms with Crippen molar-refractivity contribution >= 4 is 28.9 Å². The molecule has 2 heterocycles. The topological polar surface area (TPSA) is 73.9 Å². The lowest BCUT2D eigenvalue weighted by Gasteiger charge is -2.47. The highest BCUT2D eigenvalue weighted by molar-refractivity contribution is 5.98. The van der Waals surface area contributed by atoms with Crippen LogP contribution in [0.3, 0.4) is 0 Å². The van der Waals surface area contributed by atoms with Crippen LogP contribution in [0, 0.1) is 24.6 Å². The van der Waals surface area contributed by atoms with E-state index in [2.05, 4.69) is 10.6 Å². The van der Waals surface area contributed by atoms with Crippen molar-refractivity contribution in [2.75, 3.05) is 42.8 Å². The molecule has 8 heteroatoms. The molecule has 7 nitrogen and oxygen atoms in total. The summed E-state index contributed by atoms with van der Waals surface area (Å²) in [7, 11) is 3.94. The standard InChI is InChI=1S/C35H41FN4O3/c1-22-7-6-10-30(36)32(22)35(42)40-31-21-43-20-24(31)19-29(34(41)38-27-15-17-28(18-16-27)39(2)3)33(40)23-11-13-26(14-12-23)37-25-8-4-5-9-25/h6-7,10-18,24-25,29,31,33,37H,4-5,8-9,19-21H2,1-3H3,(H,38,41)/t24?,29?,31?,33-/m1/s1. The largest absolute Gasteiger partial charge is 0.382 e. The van der Waals surface area contributed by atoms with Crippen molar-refractivity contribution in [3.63, 3.8) is 0 Å². The third kappa shape index (κ3) is 5.98. The average Bonchev–Trinajstić information content (AvgIpc) is 3.69. The van der Waals surface area contributed by atoms with Crippen molar-refractivity contribution in [3.05, 3.63) is 89.2 Å². The Labute approximate surface area is 253 Å². The molecule has 226 valence electrons. The van der Waals surface area contributed by atoms with Gasteiger partial charge in [-0.05, 0) is 79.8 Å². The molecule has 2 amide bonds. The number of hydrogen-bond donors (Lipinski definition) is 2. The number of fused-ring (bicyclic) bond motifs is 1. The van der Waals surface area contributed by atoms with Crippen LogP contribution in [0.15, 0.2) is 66.7 Å². The van der Waals surface area contributed by atoms with Crippen LogP contribution in [0.4, 0.5) is 21.5 Å². The van der Waals surface area contributed by atoms with Crippen molar-refractivity contribution < 1.29 is 18.7 Å². The molecule has 3 fully saturated rings. The first kappa shape index (κ1) is 29.2. The summed E-state index contributed by atoms with van der Waals surface area (Å²) in [5.41, 5.74) is 4.23. The van der Waals surface area contributed by atoms with Gasteiger partial charge in [0, 0.05) is 43.1 Å². The number of amides is 2. The van der Waals surface area contributed by atoms with E-state index in [4.69, 9.17) is 4.74 Å². The van der Waals surface area contributed by atoms with Gasteiger partial charge in [0.2, 0.25) is 5.91 Å². The van der Waals surface area contributed by atoms with Gasteiger partial charge in [-0.1, -0.05) is 37.1 Å². The van der Waals surface area contributed by atoms with E-state index in [0.29, 0.717) is 36.9 Å². The summed E-state index contributed by atoms with van der Waals surface area (Å²) in [6.45, 7) is 2.58. The normalized spacial score (nSPS) is 23.6. The van der Waals surface area contributed by atoms with E-state index in [9.17, 15) is 9.59 Å². The zero-order chi connectivity index (χ0) is 30.1. The number of piperidine rings is 1. The lowest BCUT2D eigenvalue weighted by molar-refractivity contribution is -0.124. The molecule has 3 unspecified atom stereocenters. The van der Waals surface area contributed by atoms with Gasteiger partial charge in [0.05, 0.1) is 36.8 Å². The number of carbonyl (C=O) groups is 2. The second-order valence-electron chi connectivity index (χ2n) is 12.5. The minimum Gasteiger partial charge on any atom is -0.382 e. The van der Waals surface area contributed by atoms with Crippen molar-refractivity contribution in [1.29, 1.82) is 0 Å². The van der Waals surface area contributed by atoms with E-state index in [1.54, 1.807) is 24.0 Å². The van der Waals surface area contributed by atoms with Crippen LogP contribution >= 0.6 is 0 Å². The average molecular weight is 585 g/mol. The maximum Gasteiger partial charge on any atom is 0.257 e. The molecule has 3 aromatic rings. The lowest BCUT2D eigenvalue weighted by Crippen LogP contribution is -2.55. The fourth-order valence-corrected chi connectivity index (χ4v) is 7.09. The molecule has 1 aliphatic carbocycles. The highest BCUT2D eigenvalue weighted by Crippen LogP contribution is 2.46. The van der Waals surface area contributed by atoms with Gasteiger partial charge in [0.1, 0.15) is 5.82 Å². The van der Waals surface area contributed by atoms with E-state index in [-0.39, 0.29) is 23.4 Å². The molecule has 0 bridgehead atoms. The molecular weight excluding hydrogens is 543 g/mol. The van der Waals surface area contributed by atoms with Gasteiger partial charge in [-0.2, -0.15) is 0 Å². The molecule has 0 radical (unpaired) electrons. The van der Waals surface area contributed by atoms with Crippen LogP contribution in [0.5, 0.6) is 0 Å². The van der Waals surface area contributed by atoms with Gasteiger partial charge >= 0.3 is 0 Å². The molecule has 0 spiro atoms. The Morgan fingerprint density at radius 3 is 2.30 bits per heavy atom. The van der Waals surface area contributed by atoms with Crippen molar-refractivity contribution in [3.8, 4) is 0 Å². The number of ether oxygens (including phenoxy) is 1. The summed E-state index contributed by atoms with van der Waals surface area (Å²) in [6, 6.07) is 20.1. The van der Waals surface area contributed by atoms with Crippen LogP contribution in [-0.4, -0.2) is 56.1 Å². The van der Waals surface area contributed by atoms with Gasteiger partial charge in [0.25, 0.3) is 5.91 Å². The summed E-state index contributed by atoms with van der Waals surface area (Å²) in [5, 5.41) is 6.75. The van der Waals surface area contributed by atoms with Crippen molar-refractivity contribution in [2.45, 2.75) is 57.2 Å². The van der Waals surface area contributed by atoms with E-state index in [0.717, 1.165) is 29.8 Å². The minimum atomic E-state index is -0.587. The Hall–Kier alpha value is -3.91. The lowest BCUT2D eigenvalue weighted by atomic mass is 9.76. The summed E-state index contributed by atoms with van der Waals surface area (Å²) < 4.78 is 21.1. The number of likely N-dealkylation sites (tertiary alicyclic amines) is 1. The summed E-state index contributed by atoms with van der Waals surface area (Å²) >= 11 is 0. The number of halogens is 1. The molecule has 2 aliphatic heterocycles.